The van der Waals surface area contributed by atoms with E-state index in [1.165, 1.54) is 17.1 Å². The van der Waals surface area contributed by atoms with Gasteiger partial charge in [0.25, 0.3) is 11.1 Å². The number of benzene rings is 3. The number of ether oxygens (including phenoxy) is 1. The zero-order valence-corrected chi connectivity index (χ0v) is 18.1. The van der Waals surface area contributed by atoms with E-state index in [1.807, 2.05) is 50.2 Å². The van der Waals surface area contributed by atoms with Gasteiger partial charge in [0.1, 0.15) is 5.75 Å². The Bertz CT molecular complexity index is 1380. The van der Waals surface area contributed by atoms with Crippen LogP contribution in [0.3, 0.4) is 0 Å². The van der Waals surface area contributed by atoms with Crippen molar-refractivity contribution < 1.29 is 9.15 Å². The van der Waals surface area contributed by atoms with E-state index in [4.69, 9.17) is 14.1 Å². The monoisotopic (exact) mass is 427 g/mol. The summed E-state index contributed by atoms with van der Waals surface area (Å²) in [5.41, 5.74) is 4.22. The predicted octanol–water partition coefficient (Wildman–Crippen LogP) is 6.26. The second kappa shape index (κ2) is 8.40. The van der Waals surface area contributed by atoms with Gasteiger partial charge in [-0.1, -0.05) is 66.4 Å². The van der Waals surface area contributed by atoms with Crippen molar-refractivity contribution in [3.8, 4) is 5.75 Å². The summed E-state index contributed by atoms with van der Waals surface area (Å²) in [5.74, 6) is 1.93. The first-order chi connectivity index (χ1) is 15.2. The number of thioether (sulfide) groups is 1. The van der Waals surface area contributed by atoms with Gasteiger partial charge in [-0.15, -0.1) is 10.2 Å². The molecule has 6 heteroatoms. The third kappa shape index (κ3) is 4.11. The summed E-state index contributed by atoms with van der Waals surface area (Å²) in [7, 11) is 0. The van der Waals surface area contributed by atoms with Crippen molar-refractivity contribution in [2.45, 2.75) is 31.4 Å². The van der Waals surface area contributed by atoms with Crippen LogP contribution in [0.5, 0.6) is 5.75 Å². The average Bonchev–Trinajstić information content (AvgIpc) is 3.26. The van der Waals surface area contributed by atoms with Crippen LogP contribution in [0.15, 0.2) is 76.4 Å². The summed E-state index contributed by atoms with van der Waals surface area (Å²) in [4.78, 5) is 4.88. The topological polar surface area (TPSA) is 61.0 Å². The molecule has 0 atom stereocenters. The summed E-state index contributed by atoms with van der Waals surface area (Å²) >= 11 is 1.49. The molecule has 0 N–H and O–H groups in total. The maximum atomic E-state index is 5.87. The van der Waals surface area contributed by atoms with Gasteiger partial charge >= 0.3 is 0 Å². The van der Waals surface area contributed by atoms with Crippen LogP contribution < -0.4 is 4.74 Å². The van der Waals surface area contributed by atoms with E-state index in [9.17, 15) is 0 Å². The van der Waals surface area contributed by atoms with Crippen molar-refractivity contribution in [1.82, 2.24) is 15.2 Å². The second-order valence-electron chi connectivity index (χ2n) is 7.43. The van der Waals surface area contributed by atoms with Gasteiger partial charge in [-0.2, -0.15) is 0 Å². The van der Waals surface area contributed by atoms with Gasteiger partial charge in [-0.25, -0.2) is 0 Å². The van der Waals surface area contributed by atoms with Gasteiger partial charge in [0.05, 0.1) is 11.2 Å². The van der Waals surface area contributed by atoms with Crippen molar-refractivity contribution in [1.29, 1.82) is 0 Å². The highest BCUT2D eigenvalue weighted by molar-refractivity contribution is 7.98. The zero-order chi connectivity index (χ0) is 21.2. The molecule has 0 saturated heterocycles. The fraction of sp³-hybridized carbons (Fsp3) is 0.160. The molecule has 5 aromatic rings. The molecule has 0 amide bonds. The Kier molecular flexibility index (Phi) is 5.30. The minimum Gasteiger partial charge on any atom is -0.484 e. The molecule has 0 aliphatic heterocycles. The maximum Gasteiger partial charge on any atom is 0.277 e. The molecule has 0 unspecified atom stereocenters. The van der Waals surface area contributed by atoms with E-state index in [0.29, 0.717) is 16.9 Å². The van der Waals surface area contributed by atoms with Crippen molar-refractivity contribution in [3.63, 3.8) is 0 Å². The number of rotatable bonds is 6. The Balaban J connectivity index is 1.32. The SMILES string of the molecule is Cc1ccc(C)c(OCc2nnc(SCc3nc4ccccc4c4ccccc34)o2)c1. The number of aryl methyl sites for hydroxylation is 2. The first-order valence-corrected chi connectivity index (χ1v) is 11.1. The van der Waals surface area contributed by atoms with Crippen LogP contribution in [-0.2, 0) is 12.4 Å². The van der Waals surface area contributed by atoms with Crippen LogP contribution in [0.4, 0.5) is 0 Å². The second-order valence-corrected chi connectivity index (χ2v) is 8.36. The standard InChI is InChI=1S/C25H21N3O2S/c1-16-11-12-17(2)23(13-16)29-14-24-27-28-25(30-24)31-15-22-20-9-4-3-7-18(20)19-8-5-6-10-21(19)26-22/h3-13H,14-15H2,1-2H3. The van der Waals surface area contributed by atoms with Crippen LogP contribution in [0.25, 0.3) is 21.7 Å². The highest BCUT2D eigenvalue weighted by Gasteiger charge is 2.12. The Morgan fingerprint density at radius 2 is 1.65 bits per heavy atom. The number of fused-ring (bicyclic) bond motifs is 3. The Morgan fingerprint density at radius 1 is 0.871 bits per heavy atom. The lowest BCUT2D eigenvalue weighted by molar-refractivity contribution is 0.250. The van der Waals surface area contributed by atoms with Gasteiger partial charge in [0.15, 0.2) is 6.61 Å². The van der Waals surface area contributed by atoms with Crippen LogP contribution in [0.1, 0.15) is 22.7 Å². The number of aromatic nitrogens is 3. The number of para-hydroxylation sites is 1. The molecule has 0 saturated carbocycles. The fourth-order valence-electron chi connectivity index (χ4n) is 3.57. The minimum absolute atomic E-state index is 0.245. The molecule has 154 valence electrons. The lowest BCUT2D eigenvalue weighted by Crippen LogP contribution is -1.97. The number of nitrogens with zero attached hydrogens (tertiary/aromatic N) is 3. The van der Waals surface area contributed by atoms with Gasteiger partial charge in [-0.3, -0.25) is 4.98 Å². The summed E-state index contributed by atoms with van der Waals surface area (Å²) in [6.07, 6.45) is 0. The Labute approximate surface area is 184 Å². The molecule has 0 aliphatic rings. The first kappa shape index (κ1) is 19.6. The van der Waals surface area contributed by atoms with E-state index in [1.54, 1.807) is 0 Å². The molecule has 0 radical (unpaired) electrons. The normalized spacial score (nSPS) is 11.3. The van der Waals surface area contributed by atoms with Crippen molar-refractivity contribution >= 4 is 33.4 Å². The molecule has 0 spiro atoms. The smallest absolute Gasteiger partial charge is 0.277 e. The third-order valence-corrected chi connectivity index (χ3v) is 5.99. The lowest BCUT2D eigenvalue weighted by atomic mass is 10.0. The highest BCUT2D eigenvalue weighted by Crippen LogP contribution is 2.30. The molecule has 5 rings (SSSR count). The fourth-order valence-corrected chi connectivity index (χ4v) is 4.31. The highest BCUT2D eigenvalue weighted by atomic mass is 32.2. The van der Waals surface area contributed by atoms with E-state index in [0.717, 1.165) is 38.9 Å². The summed E-state index contributed by atoms with van der Waals surface area (Å²) in [5, 5.41) is 12.3. The van der Waals surface area contributed by atoms with Crippen LogP contribution in [0.2, 0.25) is 0 Å². The number of pyridine rings is 1. The van der Waals surface area contributed by atoms with Crippen molar-refractivity contribution in [2.75, 3.05) is 0 Å². The predicted molar refractivity (Wildman–Crippen MR) is 123 cm³/mol. The Morgan fingerprint density at radius 3 is 2.52 bits per heavy atom. The molecule has 0 fully saturated rings. The lowest BCUT2D eigenvalue weighted by Gasteiger charge is -2.08. The minimum atomic E-state index is 0.245. The van der Waals surface area contributed by atoms with E-state index >= 15 is 0 Å². The van der Waals surface area contributed by atoms with E-state index in [2.05, 4.69) is 40.5 Å². The molecule has 2 heterocycles. The van der Waals surface area contributed by atoms with E-state index in [-0.39, 0.29) is 6.61 Å². The molecule has 5 nitrogen and oxygen atoms in total. The number of hydrogen-bond donors (Lipinski definition) is 0. The summed E-state index contributed by atoms with van der Waals surface area (Å²) < 4.78 is 11.7. The van der Waals surface area contributed by atoms with Gasteiger partial charge in [-0.05, 0) is 42.5 Å². The Hall–Kier alpha value is -3.38. The van der Waals surface area contributed by atoms with Crippen molar-refractivity contribution in [3.05, 3.63) is 89.4 Å². The van der Waals surface area contributed by atoms with Crippen LogP contribution >= 0.6 is 11.8 Å². The first-order valence-electron chi connectivity index (χ1n) is 10.1. The average molecular weight is 428 g/mol. The summed E-state index contributed by atoms with van der Waals surface area (Å²) in [6, 6.07) is 22.7. The molecule has 2 aromatic heterocycles. The molecular weight excluding hydrogens is 406 g/mol. The molecule has 0 aliphatic carbocycles. The third-order valence-electron chi connectivity index (χ3n) is 5.16. The van der Waals surface area contributed by atoms with Gasteiger partial charge in [0.2, 0.25) is 0 Å². The van der Waals surface area contributed by atoms with Gasteiger partial charge in [0, 0.05) is 16.5 Å². The summed E-state index contributed by atoms with van der Waals surface area (Å²) in [6.45, 7) is 4.30. The zero-order valence-electron chi connectivity index (χ0n) is 17.3. The van der Waals surface area contributed by atoms with Crippen LogP contribution in [0, 0.1) is 13.8 Å². The van der Waals surface area contributed by atoms with Crippen LogP contribution in [-0.4, -0.2) is 15.2 Å². The van der Waals surface area contributed by atoms with Crippen molar-refractivity contribution in [2.24, 2.45) is 0 Å². The number of hydrogen-bond acceptors (Lipinski definition) is 6. The molecule has 0 bridgehead atoms. The quantitative estimate of drug-likeness (QED) is 0.235. The maximum absolute atomic E-state index is 5.87. The molecular formula is C25H21N3O2S. The van der Waals surface area contributed by atoms with E-state index < -0.39 is 0 Å². The van der Waals surface area contributed by atoms with Gasteiger partial charge < -0.3 is 9.15 Å². The molecule has 31 heavy (non-hydrogen) atoms. The molecule has 3 aromatic carbocycles. The largest absolute Gasteiger partial charge is 0.484 e.